The lowest BCUT2D eigenvalue weighted by atomic mass is 10.1. The Bertz CT molecular complexity index is 609. The van der Waals surface area contributed by atoms with Crippen molar-refractivity contribution in [3.63, 3.8) is 0 Å². The van der Waals surface area contributed by atoms with E-state index in [-0.39, 0.29) is 0 Å². The average molecular weight is 238 g/mol. The summed E-state index contributed by atoms with van der Waals surface area (Å²) in [5.41, 5.74) is 2.64. The molecule has 92 valence electrons. The molecule has 0 aliphatic heterocycles. The third-order valence-electron chi connectivity index (χ3n) is 3.43. The molecule has 1 fully saturated rings. The third-order valence-corrected chi connectivity index (χ3v) is 3.43. The number of nitrogens with zero attached hydrogens (tertiary/aromatic N) is 1. The van der Waals surface area contributed by atoms with Gasteiger partial charge >= 0.3 is 0 Å². The van der Waals surface area contributed by atoms with Crippen LogP contribution in [-0.4, -0.2) is 10.6 Å². The van der Waals surface area contributed by atoms with Crippen molar-refractivity contribution in [2.75, 3.05) is 0 Å². The van der Waals surface area contributed by atoms with Crippen LogP contribution in [0.1, 0.15) is 25.3 Å². The predicted molar refractivity (Wildman–Crippen MR) is 75.2 cm³/mol. The summed E-state index contributed by atoms with van der Waals surface area (Å²) in [4.78, 5) is 0. The Morgan fingerprint density at radius 3 is 3.00 bits per heavy atom. The maximum Gasteiger partial charge on any atom is 0.0837 e. The highest BCUT2D eigenvalue weighted by molar-refractivity contribution is 5.81. The molecule has 2 aromatic rings. The zero-order chi connectivity index (χ0) is 12.4. The fraction of sp³-hybridized carbons (Fsp3) is 0.375. The number of fused-ring (bicyclic) bond motifs is 1. The fourth-order valence-electron chi connectivity index (χ4n) is 2.21. The van der Waals surface area contributed by atoms with Crippen LogP contribution in [-0.2, 0) is 13.1 Å². The number of nitrogens with one attached hydrogen (secondary N) is 1. The largest absolute Gasteiger partial charge is 0.336 e. The van der Waals surface area contributed by atoms with Crippen molar-refractivity contribution in [1.82, 2.24) is 9.88 Å². The summed E-state index contributed by atoms with van der Waals surface area (Å²) in [6, 6.07) is 9.64. The van der Waals surface area contributed by atoms with Gasteiger partial charge in [0.15, 0.2) is 0 Å². The number of hydrogen-bond donors (Lipinski definition) is 1. The Morgan fingerprint density at radius 2 is 2.22 bits per heavy atom. The number of hydrogen-bond acceptors (Lipinski definition) is 1. The first-order valence-corrected chi connectivity index (χ1v) is 6.57. The van der Waals surface area contributed by atoms with Gasteiger partial charge in [-0.1, -0.05) is 12.0 Å². The van der Waals surface area contributed by atoms with E-state index in [2.05, 4.69) is 52.2 Å². The molecule has 18 heavy (non-hydrogen) atoms. The van der Waals surface area contributed by atoms with Crippen LogP contribution in [0.25, 0.3) is 10.9 Å². The maximum atomic E-state index is 3.55. The second kappa shape index (κ2) is 4.88. The second-order valence-electron chi connectivity index (χ2n) is 4.92. The molecule has 3 rings (SSSR count). The Hall–Kier alpha value is -1.72. The van der Waals surface area contributed by atoms with Crippen molar-refractivity contribution < 1.29 is 0 Å². The Kier molecular flexibility index (Phi) is 3.08. The van der Waals surface area contributed by atoms with Crippen LogP contribution in [0.15, 0.2) is 30.5 Å². The van der Waals surface area contributed by atoms with Gasteiger partial charge in [-0.25, -0.2) is 0 Å². The summed E-state index contributed by atoms with van der Waals surface area (Å²) in [6.07, 6.45) is 4.80. The molecule has 0 atom stereocenters. The van der Waals surface area contributed by atoms with E-state index in [0.717, 1.165) is 19.1 Å². The average Bonchev–Trinajstić information content (AvgIpc) is 3.14. The van der Waals surface area contributed by atoms with E-state index in [1.54, 1.807) is 0 Å². The molecule has 1 aliphatic carbocycles. The van der Waals surface area contributed by atoms with E-state index in [1.807, 2.05) is 6.92 Å². The minimum absolute atomic E-state index is 0.769. The molecule has 0 radical (unpaired) electrons. The molecule has 2 heteroatoms. The standard InChI is InChI=1S/C16H18N2/c1-2-3-9-18-10-8-14-11-13(4-7-16(14)18)12-17-15-5-6-15/h4,7-8,10-11,15,17H,5-6,9,12H2,1H3. The minimum atomic E-state index is 0.769. The van der Waals surface area contributed by atoms with Gasteiger partial charge in [0.2, 0.25) is 0 Å². The van der Waals surface area contributed by atoms with Crippen LogP contribution in [0.3, 0.4) is 0 Å². The first kappa shape index (κ1) is 11.4. The lowest BCUT2D eigenvalue weighted by Gasteiger charge is -2.04. The fourth-order valence-corrected chi connectivity index (χ4v) is 2.21. The number of benzene rings is 1. The van der Waals surface area contributed by atoms with Crippen LogP contribution in [0.4, 0.5) is 0 Å². The molecule has 0 bridgehead atoms. The van der Waals surface area contributed by atoms with E-state index in [9.17, 15) is 0 Å². The zero-order valence-corrected chi connectivity index (χ0v) is 10.7. The highest BCUT2D eigenvalue weighted by Gasteiger charge is 2.19. The molecule has 0 saturated heterocycles. The van der Waals surface area contributed by atoms with Gasteiger partial charge in [-0.2, -0.15) is 0 Å². The summed E-state index contributed by atoms with van der Waals surface area (Å²) in [5, 5.41) is 4.86. The van der Waals surface area contributed by atoms with Gasteiger partial charge in [0.25, 0.3) is 0 Å². The molecular formula is C16H18N2. The van der Waals surface area contributed by atoms with Gasteiger partial charge in [0.1, 0.15) is 0 Å². The lowest BCUT2D eigenvalue weighted by Crippen LogP contribution is -2.15. The van der Waals surface area contributed by atoms with Gasteiger partial charge in [0, 0.05) is 24.3 Å². The van der Waals surface area contributed by atoms with Crippen molar-refractivity contribution in [3.8, 4) is 11.8 Å². The van der Waals surface area contributed by atoms with Crippen molar-refractivity contribution in [1.29, 1.82) is 0 Å². The quantitative estimate of drug-likeness (QED) is 0.810. The molecule has 1 saturated carbocycles. The van der Waals surface area contributed by atoms with Gasteiger partial charge in [-0.3, -0.25) is 0 Å². The van der Waals surface area contributed by atoms with E-state index < -0.39 is 0 Å². The Morgan fingerprint density at radius 1 is 1.33 bits per heavy atom. The van der Waals surface area contributed by atoms with Crippen LogP contribution in [0.2, 0.25) is 0 Å². The highest BCUT2D eigenvalue weighted by atomic mass is 15.0. The van der Waals surface area contributed by atoms with E-state index in [1.165, 1.54) is 29.3 Å². The molecule has 1 N–H and O–H groups in total. The lowest BCUT2D eigenvalue weighted by molar-refractivity contribution is 0.688. The van der Waals surface area contributed by atoms with Gasteiger partial charge < -0.3 is 9.88 Å². The summed E-state index contributed by atoms with van der Waals surface area (Å²) in [5.74, 6) is 6.05. The van der Waals surface area contributed by atoms with Gasteiger partial charge in [0.05, 0.1) is 6.54 Å². The summed E-state index contributed by atoms with van der Waals surface area (Å²) in [6.45, 7) is 3.65. The summed E-state index contributed by atoms with van der Waals surface area (Å²) < 4.78 is 2.20. The topological polar surface area (TPSA) is 17.0 Å². The summed E-state index contributed by atoms with van der Waals surface area (Å²) in [7, 11) is 0. The third kappa shape index (κ3) is 2.42. The molecule has 1 aliphatic rings. The molecular weight excluding hydrogens is 220 g/mol. The smallest absolute Gasteiger partial charge is 0.0837 e. The highest BCUT2D eigenvalue weighted by Crippen LogP contribution is 2.21. The van der Waals surface area contributed by atoms with Crippen molar-refractivity contribution in [3.05, 3.63) is 36.0 Å². The van der Waals surface area contributed by atoms with Crippen LogP contribution >= 0.6 is 0 Å². The SMILES string of the molecule is CC#CCn1ccc2cc(CNC3CC3)ccc21. The number of aromatic nitrogens is 1. The maximum absolute atomic E-state index is 3.55. The molecule has 1 aromatic carbocycles. The Labute approximate surface area is 108 Å². The van der Waals surface area contributed by atoms with Crippen LogP contribution in [0.5, 0.6) is 0 Å². The molecule has 2 nitrogen and oxygen atoms in total. The number of rotatable bonds is 4. The van der Waals surface area contributed by atoms with Crippen LogP contribution in [0, 0.1) is 11.8 Å². The minimum Gasteiger partial charge on any atom is -0.336 e. The Balaban J connectivity index is 1.80. The molecule has 1 heterocycles. The van der Waals surface area contributed by atoms with Crippen molar-refractivity contribution in [2.45, 2.75) is 38.9 Å². The molecule has 0 amide bonds. The predicted octanol–water partition coefficient (Wildman–Crippen LogP) is 2.92. The van der Waals surface area contributed by atoms with Crippen LogP contribution < -0.4 is 5.32 Å². The van der Waals surface area contributed by atoms with Crippen molar-refractivity contribution in [2.24, 2.45) is 0 Å². The zero-order valence-electron chi connectivity index (χ0n) is 10.7. The first-order chi connectivity index (χ1) is 8.86. The summed E-state index contributed by atoms with van der Waals surface area (Å²) >= 11 is 0. The second-order valence-corrected chi connectivity index (χ2v) is 4.92. The molecule has 0 unspecified atom stereocenters. The normalized spacial score (nSPS) is 14.5. The molecule has 1 aromatic heterocycles. The van der Waals surface area contributed by atoms with Gasteiger partial charge in [-0.15, -0.1) is 5.92 Å². The van der Waals surface area contributed by atoms with E-state index in [4.69, 9.17) is 0 Å². The molecule has 0 spiro atoms. The van der Waals surface area contributed by atoms with E-state index >= 15 is 0 Å². The first-order valence-electron chi connectivity index (χ1n) is 6.57. The van der Waals surface area contributed by atoms with E-state index in [0.29, 0.717) is 0 Å². The monoisotopic (exact) mass is 238 g/mol. The van der Waals surface area contributed by atoms with Crippen molar-refractivity contribution >= 4 is 10.9 Å². The van der Waals surface area contributed by atoms with Gasteiger partial charge in [-0.05, 0) is 48.9 Å².